The Morgan fingerprint density at radius 3 is 2.40 bits per heavy atom. The number of pyridine rings is 1. The smallest absolute Gasteiger partial charge is 0.301 e. The summed E-state index contributed by atoms with van der Waals surface area (Å²) in [5, 5.41) is 13.4. The van der Waals surface area contributed by atoms with Crippen molar-refractivity contribution in [2.24, 2.45) is 5.92 Å². The van der Waals surface area contributed by atoms with Gasteiger partial charge in [-0.15, -0.1) is 0 Å². The average molecular weight is 495 g/mol. The molecule has 1 fully saturated rings. The van der Waals surface area contributed by atoms with Gasteiger partial charge in [0, 0.05) is 43.3 Å². The lowest BCUT2D eigenvalue weighted by Crippen LogP contribution is -2.41. The molecule has 1 aromatic heterocycles. The number of aliphatic hydroxyl groups is 1. The minimum absolute atomic E-state index is 0.450. The number of piperidine rings is 1. The van der Waals surface area contributed by atoms with Gasteiger partial charge in [0.1, 0.15) is 0 Å². The Balaban J connectivity index is 1.19. The maximum absolute atomic E-state index is 12.9. The van der Waals surface area contributed by atoms with Crippen LogP contribution in [0.5, 0.6) is 0 Å². The highest BCUT2D eigenvalue weighted by Crippen LogP contribution is 2.24. The molecular formula is C27H34N4O3S. The van der Waals surface area contributed by atoms with Gasteiger partial charge in [-0.1, -0.05) is 48.5 Å². The second kappa shape index (κ2) is 12.3. The van der Waals surface area contributed by atoms with Crippen molar-refractivity contribution in [3.05, 3.63) is 95.8 Å². The summed E-state index contributed by atoms with van der Waals surface area (Å²) in [5.41, 5.74) is 3.77. The number of nitrogens with zero attached hydrogens (tertiary/aromatic N) is 2. The minimum Gasteiger partial charge on any atom is -0.387 e. The normalized spacial score (nSPS) is 16.1. The van der Waals surface area contributed by atoms with E-state index in [1.807, 2.05) is 30.3 Å². The molecule has 1 saturated heterocycles. The molecule has 186 valence electrons. The summed E-state index contributed by atoms with van der Waals surface area (Å²) in [7, 11) is -3.56. The van der Waals surface area contributed by atoms with Crippen LogP contribution in [0.25, 0.3) is 0 Å². The van der Waals surface area contributed by atoms with Crippen LogP contribution in [0.3, 0.4) is 0 Å². The molecule has 1 aliphatic heterocycles. The highest BCUT2D eigenvalue weighted by atomic mass is 32.2. The summed E-state index contributed by atoms with van der Waals surface area (Å²) < 4.78 is 30.0. The molecule has 3 aromatic rings. The van der Waals surface area contributed by atoms with Crippen molar-refractivity contribution >= 4 is 15.9 Å². The summed E-state index contributed by atoms with van der Waals surface area (Å²) in [6.07, 6.45) is 6.28. The number of nitrogens with one attached hydrogen (secondary N) is 2. The van der Waals surface area contributed by atoms with E-state index >= 15 is 0 Å². The van der Waals surface area contributed by atoms with E-state index in [9.17, 15) is 13.5 Å². The molecule has 3 N–H and O–H groups in total. The van der Waals surface area contributed by atoms with E-state index in [-0.39, 0.29) is 0 Å². The van der Waals surface area contributed by atoms with E-state index in [0.29, 0.717) is 37.8 Å². The standard InChI is InChI=1S/C27H34N4O3S/c32-27(25-7-4-15-28-20-25)21-29-16-12-22-8-10-26(11-9-22)30-35(33,34)31-17-13-24(14-18-31)19-23-5-2-1-3-6-23/h1-11,15,20,24,27,29-30,32H,12-14,16-19,21H2/t27-/m0/s1. The lowest BCUT2D eigenvalue weighted by atomic mass is 9.91. The van der Waals surface area contributed by atoms with Gasteiger partial charge in [0.15, 0.2) is 0 Å². The molecule has 8 heteroatoms. The van der Waals surface area contributed by atoms with Crippen LogP contribution >= 0.6 is 0 Å². The molecule has 7 nitrogen and oxygen atoms in total. The Bertz CT molecular complexity index is 1130. The molecule has 0 radical (unpaired) electrons. The molecule has 35 heavy (non-hydrogen) atoms. The van der Waals surface area contributed by atoms with Gasteiger partial charge in [-0.2, -0.15) is 12.7 Å². The summed E-state index contributed by atoms with van der Waals surface area (Å²) >= 11 is 0. The van der Waals surface area contributed by atoms with Gasteiger partial charge in [0.2, 0.25) is 0 Å². The van der Waals surface area contributed by atoms with Gasteiger partial charge in [-0.05, 0) is 67.5 Å². The predicted octanol–water partition coefficient (Wildman–Crippen LogP) is 3.56. The van der Waals surface area contributed by atoms with Crippen LogP contribution in [-0.2, 0) is 23.1 Å². The highest BCUT2D eigenvalue weighted by Gasteiger charge is 2.28. The lowest BCUT2D eigenvalue weighted by Gasteiger charge is -2.31. The second-order valence-corrected chi connectivity index (χ2v) is 10.8. The Labute approximate surface area is 208 Å². The van der Waals surface area contributed by atoms with Crippen LogP contribution in [-0.4, -0.2) is 49.0 Å². The first-order valence-corrected chi connectivity index (χ1v) is 13.6. The molecule has 1 atom stereocenters. The lowest BCUT2D eigenvalue weighted by molar-refractivity contribution is 0.174. The molecule has 0 spiro atoms. The first-order valence-electron chi connectivity index (χ1n) is 12.2. The van der Waals surface area contributed by atoms with Crippen LogP contribution in [0, 0.1) is 5.92 Å². The molecule has 2 heterocycles. The van der Waals surface area contributed by atoms with Crippen molar-refractivity contribution in [1.82, 2.24) is 14.6 Å². The zero-order valence-corrected chi connectivity index (χ0v) is 20.7. The molecule has 0 amide bonds. The number of aliphatic hydroxyl groups excluding tert-OH is 1. The second-order valence-electron chi connectivity index (χ2n) is 9.09. The van der Waals surface area contributed by atoms with E-state index in [0.717, 1.165) is 36.8 Å². The first-order chi connectivity index (χ1) is 17.0. The van der Waals surface area contributed by atoms with Crippen molar-refractivity contribution in [2.75, 3.05) is 30.9 Å². The Kier molecular flexibility index (Phi) is 8.87. The molecular weight excluding hydrogens is 460 g/mol. The SMILES string of the molecule is O=S(=O)(Nc1ccc(CCNC[C@H](O)c2cccnc2)cc1)N1CCC(Cc2ccccc2)CC1. The molecule has 0 aliphatic carbocycles. The fraction of sp³-hybridized carbons (Fsp3) is 0.370. The van der Waals surface area contributed by atoms with E-state index in [1.54, 1.807) is 28.8 Å². The van der Waals surface area contributed by atoms with Crippen LogP contribution in [0.2, 0.25) is 0 Å². The highest BCUT2D eigenvalue weighted by molar-refractivity contribution is 7.90. The molecule has 1 aliphatic rings. The van der Waals surface area contributed by atoms with E-state index in [1.165, 1.54) is 5.56 Å². The number of anilines is 1. The maximum atomic E-state index is 12.9. The topological polar surface area (TPSA) is 94.6 Å². The van der Waals surface area contributed by atoms with Crippen molar-refractivity contribution in [3.63, 3.8) is 0 Å². The molecule has 0 saturated carbocycles. The van der Waals surface area contributed by atoms with E-state index in [4.69, 9.17) is 0 Å². The van der Waals surface area contributed by atoms with Crippen LogP contribution < -0.4 is 10.0 Å². The first kappa shape index (κ1) is 25.3. The maximum Gasteiger partial charge on any atom is 0.301 e. The Morgan fingerprint density at radius 1 is 0.971 bits per heavy atom. The Morgan fingerprint density at radius 2 is 1.71 bits per heavy atom. The summed E-state index contributed by atoms with van der Waals surface area (Å²) in [5.74, 6) is 0.516. The fourth-order valence-electron chi connectivity index (χ4n) is 4.42. The minimum atomic E-state index is -3.56. The fourth-order valence-corrected chi connectivity index (χ4v) is 5.67. The number of hydrogen-bond donors (Lipinski definition) is 3. The third-order valence-corrected chi connectivity index (χ3v) is 8.02. The van der Waals surface area contributed by atoms with Crippen LogP contribution in [0.4, 0.5) is 5.69 Å². The molecule has 4 rings (SSSR count). The van der Waals surface area contributed by atoms with Gasteiger partial charge in [-0.25, -0.2) is 0 Å². The summed E-state index contributed by atoms with van der Waals surface area (Å²) in [6.45, 7) is 2.24. The van der Waals surface area contributed by atoms with E-state index < -0.39 is 16.3 Å². The monoisotopic (exact) mass is 494 g/mol. The number of aromatic nitrogens is 1. The largest absolute Gasteiger partial charge is 0.387 e. The van der Waals surface area contributed by atoms with Gasteiger partial charge >= 0.3 is 10.2 Å². The van der Waals surface area contributed by atoms with Gasteiger partial charge < -0.3 is 10.4 Å². The van der Waals surface area contributed by atoms with Crippen molar-refractivity contribution in [3.8, 4) is 0 Å². The van der Waals surface area contributed by atoms with Crippen molar-refractivity contribution < 1.29 is 13.5 Å². The quantitative estimate of drug-likeness (QED) is 0.355. The number of hydrogen-bond acceptors (Lipinski definition) is 5. The van der Waals surface area contributed by atoms with Crippen LogP contribution in [0.15, 0.2) is 79.1 Å². The zero-order chi connectivity index (χ0) is 24.5. The molecule has 2 aromatic carbocycles. The van der Waals surface area contributed by atoms with Gasteiger partial charge in [0.05, 0.1) is 6.10 Å². The van der Waals surface area contributed by atoms with Crippen molar-refractivity contribution in [1.29, 1.82) is 0 Å². The summed E-state index contributed by atoms with van der Waals surface area (Å²) in [4.78, 5) is 4.02. The number of rotatable bonds is 11. The molecule has 0 unspecified atom stereocenters. The van der Waals surface area contributed by atoms with Crippen molar-refractivity contribution in [2.45, 2.75) is 31.8 Å². The molecule has 0 bridgehead atoms. The zero-order valence-electron chi connectivity index (χ0n) is 19.9. The average Bonchev–Trinajstić information content (AvgIpc) is 2.89. The van der Waals surface area contributed by atoms with Gasteiger partial charge in [-0.3, -0.25) is 9.71 Å². The summed E-state index contributed by atoms with van der Waals surface area (Å²) in [6, 6.07) is 21.5. The third kappa shape index (κ3) is 7.60. The third-order valence-electron chi connectivity index (χ3n) is 6.48. The van der Waals surface area contributed by atoms with E-state index in [2.05, 4.69) is 39.3 Å². The Hall–Kier alpha value is -2.78. The predicted molar refractivity (Wildman–Crippen MR) is 139 cm³/mol. The van der Waals surface area contributed by atoms with Crippen LogP contribution in [0.1, 0.15) is 35.6 Å². The van der Waals surface area contributed by atoms with Gasteiger partial charge in [0.25, 0.3) is 0 Å². The number of benzene rings is 2.